The fraction of sp³-hybridized carbons (Fsp3) is 0.176. The van der Waals surface area contributed by atoms with Gasteiger partial charge < -0.3 is 0 Å². The van der Waals surface area contributed by atoms with Crippen molar-refractivity contribution in [1.29, 1.82) is 10.5 Å². The molecule has 0 bridgehead atoms. The van der Waals surface area contributed by atoms with Crippen molar-refractivity contribution < 1.29 is 8.42 Å². The van der Waals surface area contributed by atoms with E-state index in [9.17, 15) is 8.42 Å². The van der Waals surface area contributed by atoms with E-state index in [1.165, 1.54) is 4.31 Å². The third-order valence-corrected chi connectivity index (χ3v) is 4.63. The Balaban J connectivity index is 2.37. The number of hydrogen-bond acceptors (Lipinski definition) is 4. The van der Waals surface area contributed by atoms with Gasteiger partial charge in [0.25, 0.3) is 0 Å². The summed E-state index contributed by atoms with van der Waals surface area (Å²) in [4.78, 5) is 0. The maximum absolute atomic E-state index is 12.1. The highest BCUT2D eigenvalue weighted by Crippen LogP contribution is 2.18. The highest BCUT2D eigenvalue weighted by molar-refractivity contribution is 7.88. The fourth-order valence-electron chi connectivity index (χ4n) is 2.20. The van der Waals surface area contributed by atoms with E-state index in [1.807, 2.05) is 0 Å². The van der Waals surface area contributed by atoms with Gasteiger partial charge in [0.1, 0.15) is 0 Å². The molecule has 0 aromatic heterocycles. The van der Waals surface area contributed by atoms with Gasteiger partial charge in [-0.3, -0.25) is 0 Å². The van der Waals surface area contributed by atoms with Crippen LogP contribution >= 0.6 is 0 Å². The third-order valence-electron chi connectivity index (χ3n) is 3.44. The SMILES string of the molecule is CS(=O)(=O)N(Cc1ccccc1C#N)Cc1ccccc1C#N. The molecule has 2 aromatic rings. The van der Waals surface area contributed by atoms with Gasteiger partial charge in [0.2, 0.25) is 10.0 Å². The molecule has 0 saturated carbocycles. The molecular formula is C17H15N3O2S. The Hall–Kier alpha value is -2.67. The molecule has 6 heteroatoms. The van der Waals surface area contributed by atoms with Crippen LogP contribution in [0, 0.1) is 22.7 Å². The average Bonchev–Trinajstić information content (AvgIpc) is 2.54. The molecule has 0 saturated heterocycles. The van der Waals surface area contributed by atoms with Crippen molar-refractivity contribution in [2.24, 2.45) is 0 Å². The highest BCUT2D eigenvalue weighted by Gasteiger charge is 2.20. The van der Waals surface area contributed by atoms with Crippen molar-refractivity contribution in [2.75, 3.05) is 6.26 Å². The largest absolute Gasteiger partial charge is 0.212 e. The fourth-order valence-corrected chi connectivity index (χ4v) is 2.95. The van der Waals surface area contributed by atoms with E-state index in [-0.39, 0.29) is 13.1 Å². The van der Waals surface area contributed by atoms with Crippen molar-refractivity contribution in [3.63, 3.8) is 0 Å². The number of benzene rings is 2. The summed E-state index contributed by atoms with van der Waals surface area (Å²) in [6.45, 7) is 0.171. The monoisotopic (exact) mass is 325 g/mol. The second-order valence-electron chi connectivity index (χ2n) is 5.07. The summed E-state index contributed by atoms with van der Waals surface area (Å²) in [7, 11) is -3.50. The summed E-state index contributed by atoms with van der Waals surface area (Å²) in [6, 6.07) is 17.9. The second-order valence-corrected chi connectivity index (χ2v) is 7.05. The summed E-state index contributed by atoms with van der Waals surface area (Å²) >= 11 is 0. The molecule has 2 rings (SSSR count). The number of hydrogen-bond donors (Lipinski definition) is 0. The van der Waals surface area contributed by atoms with Gasteiger partial charge >= 0.3 is 0 Å². The number of nitrogens with zero attached hydrogens (tertiary/aromatic N) is 3. The van der Waals surface area contributed by atoms with Crippen molar-refractivity contribution in [2.45, 2.75) is 13.1 Å². The van der Waals surface area contributed by atoms with Crippen molar-refractivity contribution in [3.8, 4) is 12.1 Å². The van der Waals surface area contributed by atoms with E-state index >= 15 is 0 Å². The number of sulfonamides is 1. The van der Waals surface area contributed by atoms with Crippen LogP contribution in [-0.4, -0.2) is 19.0 Å². The van der Waals surface area contributed by atoms with Crippen LogP contribution in [0.15, 0.2) is 48.5 Å². The van der Waals surface area contributed by atoms with Crippen LogP contribution in [0.4, 0.5) is 0 Å². The summed E-state index contributed by atoms with van der Waals surface area (Å²) in [5, 5.41) is 18.3. The van der Waals surface area contributed by atoms with Crippen molar-refractivity contribution >= 4 is 10.0 Å². The summed E-state index contributed by atoms with van der Waals surface area (Å²) < 4.78 is 25.5. The highest BCUT2D eigenvalue weighted by atomic mass is 32.2. The Morgan fingerprint density at radius 1 is 0.870 bits per heavy atom. The first-order valence-electron chi connectivity index (χ1n) is 6.87. The van der Waals surface area contributed by atoms with E-state index in [2.05, 4.69) is 12.1 Å². The van der Waals surface area contributed by atoms with Gasteiger partial charge in [0.15, 0.2) is 0 Å². The van der Waals surface area contributed by atoms with Crippen LogP contribution in [0.1, 0.15) is 22.3 Å². The maximum atomic E-state index is 12.1. The molecule has 0 heterocycles. The molecule has 0 aliphatic heterocycles. The number of rotatable bonds is 5. The lowest BCUT2D eigenvalue weighted by Gasteiger charge is -2.21. The molecule has 5 nitrogen and oxygen atoms in total. The Morgan fingerprint density at radius 2 is 1.26 bits per heavy atom. The van der Waals surface area contributed by atoms with E-state index in [4.69, 9.17) is 10.5 Å². The molecule has 0 unspecified atom stereocenters. The molecule has 2 aromatic carbocycles. The molecule has 0 N–H and O–H groups in total. The minimum atomic E-state index is -3.50. The minimum absolute atomic E-state index is 0.0856. The summed E-state index contributed by atoms with van der Waals surface area (Å²) in [6.07, 6.45) is 1.12. The molecule has 0 spiro atoms. The Labute approximate surface area is 136 Å². The molecule has 0 atom stereocenters. The van der Waals surface area contributed by atoms with Gasteiger partial charge in [-0.1, -0.05) is 36.4 Å². The van der Waals surface area contributed by atoms with Gasteiger partial charge in [-0.25, -0.2) is 8.42 Å². The van der Waals surface area contributed by atoms with Crippen LogP contribution in [0.5, 0.6) is 0 Å². The van der Waals surface area contributed by atoms with E-state index < -0.39 is 10.0 Å². The number of nitriles is 2. The minimum Gasteiger partial charge on any atom is -0.212 e. The van der Waals surface area contributed by atoms with Crippen LogP contribution in [0.2, 0.25) is 0 Å². The summed E-state index contributed by atoms with van der Waals surface area (Å²) in [5.41, 5.74) is 2.15. The van der Waals surface area contributed by atoms with E-state index in [1.54, 1.807) is 48.5 Å². The van der Waals surface area contributed by atoms with Gasteiger partial charge in [-0.05, 0) is 23.3 Å². The molecule has 0 aliphatic rings. The van der Waals surface area contributed by atoms with Crippen molar-refractivity contribution in [1.82, 2.24) is 4.31 Å². The van der Waals surface area contributed by atoms with Crippen LogP contribution in [-0.2, 0) is 23.1 Å². The van der Waals surface area contributed by atoms with Crippen LogP contribution in [0.3, 0.4) is 0 Å². The van der Waals surface area contributed by atoms with Gasteiger partial charge in [0.05, 0.1) is 29.5 Å². The van der Waals surface area contributed by atoms with Gasteiger partial charge in [-0.2, -0.15) is 14.8 Å². The normalized spacial score (nSPS) is 11.0. The van der Waals surface area contributed by atoms with Crippen molar-refractivity contribution in [3.05, 3.63) is 70.8 Å². The van der Waals surface area contributed by atoms with E-state index in [0.717, 1.165) is 6.26 Å². The average molecular weight is 325 g/mol. The van der Waals surface area contributed by atoms with Gasteiger partial charge in [-0.15, -0.1) is 0 Å². The molecule has 116 valence electrons. The molecule has 0 amide bonds. The lowest BCUT2D eigenvalue weighted by Crippen LogP contribution is -2.29. The topological polar surface area (TPSA) is 85.0 Å². The zero-order chi connectivity index (χ0) is 16.9. The molecule has 0 fully saturated rings. The zero-order valence-corrected chi connectivity index (χ0v) is 13.4. The zero-order valence-electron chi connectivity index (χ0n) is 12.6. The molecule has 0 aliphatic carbocycles. The predicted molar refractivity (Wildman–Crippen MR) is 86.4 cm³/mol. The third kappa shape index (κ3) is 4.17. The first-order valence-corrected chi connectivity index (χ1v) is 8.71. The lowest BCUT2D eigenvalue weighted by atomic mass is 10.1. The Morgan fingerprint density at radius 3 is 1.61 bits per heavy atom. The summed E-state index contributed by atoms with van der Waals surface area (Å²) in [5.74, 6) is 0. The lowest BCUT2D eigenvalue weighted by molar-refractivity contribution is 0.404. The van der Waals surface area contributed by atoms with Crippen LogP contribution < -0.4 is 0 Å². The molecular weight excluding hydrogens is 310 g/mol. The predicted octanol–water partition coefficient (Wildman–Crippen LogP) is 2.39. The second kappa shape index (κ2) is 7.06. The Kier molecular flexibility index (Phi) is 5.13. The quantitative estimate of drug-likeness (QED) is 0.845. The Bertz CT molecular complexity index is 833. The molecule has 0 radical (unpaired) electrons. The first-order chi connectivity index (χ1) is 11.0. The van der Waals surface area contributed by atoms with Gasteiger partial charge in [0, 0.05) is 13.1 Å². The van der Waals surface area contributed by atoms with Crippen LogP contribution in [0.25, 0.3) is 0 Å². The smallest absolute Gasteiger partial charge is 0.211 e. The van der Waals surface area contributed by atoms with E-state index in [0.29, 0.717) is 22.3 Å². The standard InChI is InChI=1S/C17H15N3O2S/c1-23(21,22)20(12-16-8-4-2-6-14(16)10-18)13-17-9-5-3-7-15(17)11-19/h2-9H,12-13H2,1H3. The molecule has 23 heavy (non-hydrogen) atoms. The first kappa shape index (κ1) is 16.7. The maximum Gasteiger partial charge on any atom is 0.211 e.